The molecule has 1 aliphatic rings. The number of nitrogens with one attached hydrogen (secondary N) is 2. The Morgan fingerprint density at radius 2 is 2.07 bits per heavy atom. The first-order chi connectivity index (χ1) is 6.50. The molecule has 0 aliphatic carbocycles. The van der Waals surface area contributed by atoms with Crippen LogP contribution in [0.5, 0.6) is 0 Å². The standard InChI is InChI=1S/C10H17N3O/c1-10(2,3)13-9(14)7-4-5-11-6-8(7)12-13/h11-12H,4-6H2,1-3H3. The molecule has 0 bridgehead atoms. The SMILES string of the molecule is CC(C)(C)n1[nH]c2c(c1=O)CCNC2. The molecular weight excluding hydrogens is 178 g/mol. The van der Waals surface area contributed by atoms with Crippen LogP contribution in [0.3, 0.4) is 0 Å². The molecule has 0 aromatic carbocycles. The summed E-state index contributed by atoms with van der Waals surface area (Å²) in [4.78, 5) is 12.0. The summed E-state index contributed by atoms with van der Waals surface area (Å²) in [6.45, 7) is 7.79. The highest BCUT2D eigenvalue weighted by Gasteiger charge is 2.23. The van der Waals surface area contributed by atoms with Crippen LogP contribution in [0.25, 0.3) is 0 Å². The highest BCUT2D eigenvalue weighted by molar-refractivity contribution is 5.20. The van der Waals surface area contributed by atoms with Gasteiger partial charge in [0, 0.05) is 12.1 Å². The molecule has 78 valence electrons. The molecule has 1 aromatic heterocycles. The molecule has 0 spiro atoms. The number of hydrogen-bond acceptors (Lipinski definition) is 2. The van der Waals surface area contributed by atoms with Crippen molar-refractivity contribution in [3.05, 3.63) is 21.6 Å². The van der Waals surface area contributed by atoms with Gasteiger partial charge >= 0.3 is 0 Å². The molecule has 2 heterocycles. The number of aromatic amines is 1. The van der Waals surface area contributed by atoms with E-state index in [4.69, 9.17) is 0 Å². The van der Waals surface area contributed by atoms with Gasteiger partial charge in [-0.3, -0.25) is 9.89 Å². The highest BCUT2D eigenvalue weighted by atomic mass is 16.1. The molecule has 2 rings (SSSR count). The predicted octanol–water partition coefficient (Wildman–Crippen LogP) is 0.577. The van der Waals surface area contributed by atoms with Gasteiger partial charge in [0.2, 0.25) is 0 Å². The van der Waals surface area contributed by atoms with Crippen molar-refractivity contribution >= 4 is 0 Å². The topological polar surface area (TPSA) is 49.8 Å². The van der Waals surface area contributed by atoms with Crippen LogP contribution in [0, 0.1) is 0 Å². The Morgan fingerprint density at radius 3 is 2.64 bits per heavy atom. The van der Waals surface area contributed by atoms with Crippen LogP contribution in [0.4, 0.5) is 0 Å². The average molecular weight is 195 g/mol. The molecule has 0 amide bonds. The predicted molar refractivity (Wildman–Crippen MR) is 55.5 cm³/mol. The van der Waals surface area contributed by atoms with Crippen LogP contribution in [-0.4, -0.2) is 16.3 Å². The van der Waals surface area contributed by atoms with E-state index >= 15 is 0 Å². The van der Waals surface area contributed by atoms with Crippen LogP contribution >= 0.6 is 0 Å². The normalized spacial score (nSPS) is 16.8. The zero-order chi connectivity index (χ0) is 10.3. The molecule has 0 saturated heterocycles. The Morgan fingerprint density at radius 1 is 1.36 bits per heavy atom. The summed E-state index contributed by atoms with van der Waals surface area (Å²) in [6.07, 6.45) is 0.841. The number of hydrogen-bond donors (Lipinski definition) is 2. The number of fused-ring (bicyclic) bond motifs is 1. The van der Waals surface area contributed by atoms with Crippen molar-refractivity contribution in [2.75, 3.05) is 6.54 Å². The first-order valence-corrected chi connectivity index (χ1v) is 5.04. The quantitative estimate of drug-likeness (QED) is 0.636. The van der Waals surface area contributed by atoms with Gasteiger partial charge < -0.3 is 5.32 Å². The first kappa shape index (κ1) is 9.52. The smallest absolute Gasteiger partial charge is 0.270 e. The number of aromatic nitrogens is 2. The lowest BCUT2D eigenvalue weighted by Gasteiger charge is -2.19. The van der Waals surface area contributed by atoms with Crippen molar-refractivity contribution in [1.29, 1.82) is 0 Å². The minimum Gasteiger partial charge on any atom is -0.311 e. The molecule has 4 nitrogen and oxygen atoms in total. The molecule has 2 N–H and O–H groups in total. The molecule has 0 unspecified atom stereocenters. The van der Waals surface area contributed by atoms with Gasteiger partial charge in [0.05, 0.1) is 11.2 Å². The van der Waals surface area contributed by atoms with Crippen LogP contribution in [0.2, 0.25) is 0 Å². The van der Waals surface area contributed by atoms with Gasteiger partial charge in [-0.25, -0.2) is 4.68 Å². The number of rotatable bonds is 0. The highest BCUT2D eigenvalue weighted by Crippen LogP contribution is 2.13. The van der Waals surface area contributed by atoms with E-state index < -0.39 is 0 Å². The molecule has 14 heavy (non-hydrogen) atoms. The second-order valence-corrected chi connectivity index (χ2v) is 4.81. The fourth-order valence-electron chi connectivity index (χ4n) is 1.82. The minimum atomic E-state index is -0.158. The lowest BCUT2D eigenvalue weighted by Crippen LogP contribution is -2.33. The van der Waals surface area contributed by atoms with Gasteiger partial charge in [-0.05, 0) is 33.7 Å². The molecule has 0 saturated carbocycles. The van der Waals surface area contributed by atoms with Gasteiger partial charge in [-0.1, -0.05) is 0 Å². The molecule has 1 aliphatic heterocycles. The maximum Gasteiger partial charge on any atom is 0.270 e. The summed E-state index contributed by atoms with van der Waals surface area (Å²) in [7, 11) is 0. The van der Waals surface area contributed by atoms with E-state index in [-0.39, 0.29) is 11.1 Å². The third kappa shape index (κ3) is 1.39. The molecule has 4 heteroatoms. The van der Waals surface area contributed by atoms with E-state index in [2.05, 4.69) is 10.4 Å². The lowest BCUT2D eigenvalue weighted by molar-refractivity contribution is 0.343. The van der Waals surface area contributed by atoms with E-state index in [9.17, 15) is 4.79 Å². The van der Waals surface area contributed by atoms with E-state index in [1.165, 1.54) is 0 Å². The summed E-state index contributed by atoms with van der Waals surface area (Å²) in [5.41, 5.74) is 2.00. The summed E-state index contributed by atoms with van der Waals surface area (Å²) in [5, 5.41) is 6.43. The summed E-state index contributed by atoms with van der Waals surface area (Å²) < 4.78 is 1.73. The van der Waals surface area contributed by atoms with E-state index in [1.54, 1.807) is 4.68 Å². The van der Waals surface area contributed by atoms with Gasteiger partial charge in [0.15, 0.2) is 0 Å². The molecular formula is C10H17N3O. The van der Waals surface area contributed by atoms with Crippen molar-refractivity contribution in [1.82, 2.24) is 15.1 Å². The number of H-pyrrole nitrogens is 1. The van der Waals surface area contributed by atoms with Gasteiger partial charge in [-0.2, -0.15) is 0 Å². The fourth-order valence-corrected chi connectivity index (χ4v) is 1.82. The van der Waals surface area contributed by atoms with Crippen molar-refractivity contribution in [2.45, 2.75) is 39.3 Å². The van der Waals surface area contributed by atoms with Crippen molar-refractivity contribution in [3.8, 4) is 0 Å². The summed E-state index contributed by atoms with van der Waals surface area (Å²) >= 11 is 0. The maximum atomic E-state index is 12.0. The first-order valence-electron chi connectivity index (χ1n) is 5.04. The third-order valence-corrected chi connectivity index (χ3v) is 2.60. The zero-order valence-electron chi connectivity index (χ0n) is 8.98. The second kappa shape index (κ2) is 2.98. The average Bonchev–Trinajstić information content (AvgIpc) is 2.44. The minimum absolute atomic E-state index is 0.147. The van der Waals surface area contributed by atoms with Gasteiger partial charge in [-0.15, -0.1) is 0 Å². The monoisotopic (exact) mass is 195 g/mol. The maximum absolute atomic E-state index is 12.0. The lowest BCUT2D eigenvalue weighted by atomic mass is 10.1. The molecule has 1 aromatic rings. The van der Waals surface area contributed by atoms with Gasteiger partial charge in [0.25, 0.3) is 5.56 Å². The molecule has 0 radical (unpaired) electrons. The van der Waals surface area contributed by atoms with E-state index in [1.807, 2.05) is 20.8 Å². The summed E-state index contributed by atoms with van der Waals surface area (Å²) in [6, 6.07) is 0. The fraction of sp³-hybridized carbons (Fsp3) is 0.700. The Hall–Kier alpha value is -1.03. The van der Waals surface area contributed by atoms with Crippen LogP contribution < -0.4 is 10.9 Å². The Kier molecular flexibility index (Phi) is 2.03. The van der Waals surface area contributed by atoms with E-state index in [0.29, 0.717) is 0 Å². The van der Waals surface area contributed by atoms with Crippen LogP contribution in [0.15, 0.2) is 4.79 Å². The van der Waals surface area contributed by atoms with E-state index in [0.717, 1.165) is 30.8 Å². The van der Waals surface area contributed by atoms with Crippen molar-refractivity contribution in [3.63, 3.8) is 0 Å². The van der Waals surface area contributed by atoms with Crippen molar-refractivity contribution in [2.24, 2.45) is 0 Å². The molecule has 0 fully saturated rings. The van der Waals surface area contributed by atoms with Crippen LogP contribution in [0.1, 0.15) is 32.0 Å². The third-order valence-electron chi connectivity index (χ3n) is 2.60. The zero-order valence-corrected chi connectivity index (χ0v) is 8.98. The number of nitrogens with zero attached hydrogens (tertiary/aromatic N) is 1. The Labute approximate surface area is 83.3 Å². The van der Waals surface area contributed by atoms with Gasteiger partial charge in [0.1, 0.15) is 0 Å². The Balaban J connectivity index is 2.55. The summed E-state index contributed by atoms with van der Waals surface area (Å²) in [5.74, 6) is 0. The Bertz CT molecular complexity index is 394. The largest absolute Gasteiger partial charge is 0.311 e. The van der Waals surface area contributed by atoms with Crippen molar-refractivity contribution < 1.29 is 0 Å². The molecule has 0 atom stereocenters. The second-order valence-electron chi connectivity index (χ2n) is 4.81. The van der Waals surface area contributed by atoms with Crippen LogP contribution in [-0.2, 0) is 18.5 Å².